The van der Waals surface area contributed by atoms with Crippen LogP contribution in [-0.4, -0.2) is 18.9 Å². The predicted octanol–water partition coefficient (Wildman–Crippen LogP) is 1.12. The number of hydrogen-bond donors (Lipinski definition) is 1. The maximum Gasteiger partial charge on any atom is 0.128 e. The minimum atomic E-state index is 0.889. The van der Waals surface area contributed by atoms with E-state index in [0.717, 1.165) is 24.5 Å². The molecule has 0 radical (unpaired) electrons. The van der Waals surface area contributed by atoms with Crippen LogP contribution >= 0.6 is 0 Å². The minimum absolute atomic E-state index is 0.889. The van der Waals surface area contributed by atoms with Crippen LogP contribution in [0, 0.1) is 0 Å². The molecule has 0 aromatic rings. The van der Waals surface area contributed by atoms with E-state index in [4.69, 9.17) is 0 Å². The Morgan fingerprint density at radius 3 is 3.00 bits per heavy atom. The van der Waals surface area contributed by atoms with Crippen molar-refractivity contribution in [1.29, 1.82) is 0 Å². The van der Waals surface area contributed by atoms with Gasteiger partial charge in [0.25, 0.3) is 0 Å². The van der Waals surface area contributed by atoms with Gasteiger partial charge in [0.05, 0.1) is 6.54 Å². The molecule has 54 valence electrons. The number of aliphatic imine (C=N–C) groups is 1. The van der Waals surface area contributed by atoms with Crippen LogP contribution in [0.1, 0.15) is 6.92 Å². The smallest absolute Gasteiger partial charge is 0.128 e. The second-order valence-corrected chi connectivity index (χ2v) is 2.11. The Labute approximate surface area is 61.4 Å². The summed E-state index contributed by atoms with van der Waals surface area (Å²) >= 11 is 0. The Bertz CT molecular complexity index is 189. The molecular weight excluding hydrogens is 124 g/mol. The molecule has 0 unspecified atom stereocenters. The number of hydrogen-bond acceptors (Lipinski definition) is 2. The molecule has 0 aliphatic carbocycles. The highest BCUT2D eigenvalue weighted by Gasteiger charge is 2.05. The van der Waals surface area contributed by atoms with Gasteiger partial charge in [-0.2, -0.15) is 0 Å². The Balaban J connectivity index is 2.71. The molecule has 1 aliphatic heterocycles. The fourth-order valence-corrected chi connectivity index (χ4v) is 0.943. The van der Waals surface area contributed by atoms with Crippen molar-refractivity contribution < 1.29 is 0 Å². The molecule has 0 aromatic carbocycles. The van der Waals surface area contributed by atoms with Crippen LogP contribution in [0.2, 0.25) is 0 Å². The Morgan fingerprint density at radius 2 is 2.60 bits per heavy atom. The number of nitrogens with zero attached hydrogens (tertiary/aromatic N) is 1. The highest BCUT2D eigenvalue weighted by Crippen LogP contribution is 2.00. The second-order valence-electron chi connectivity index (χ2n) is 2.11. The first-order valence-electron chi connectivity index (χ1n) is 3.46. The molecule has 0 saturated heterocycles. The molecule has 10 heavy (non-hydrogen) atoms. The summed E-state index contributed by atoms with van der Waals surface area (Å²) in [5, 5.41) is 3.17. The molecule has 0 amide bonds. The van der Waals surface area contributed by atoms with Gasteiger partial charge in [0.15, 0.2) is 0 Å². The Morgan fingerprint density at radius 1 is 1.80 bits per heavy atom. The van der Waals surface area contributed by atoms with Crippen molar-refractivity contribution in [2.24, 2.45) is 4.99 Å². The van der Waals surface area contributed by atoms with E-state index in [1.807, 2.05) is 19.1 Å². The van der Waals surface area contributed by atoms with E-state index >= 15 is 0 Å². The van der Waals surface area contributed by atoms with Gasteiger partial charge in [-0.1, -0.05) is 18.7 Å². The largest absolute Gasteiger partial charge is 0.368 e. The number of allylic oxidation sites excluding steroid dienone is 1. The molecule has 0 atom stereocenters. The maximum absolute atomic E-state index is 4.24. The first kappa shape index (κ1) is 7.06. The summed E-state index contributed by atoms with van der Waals surface area (Å²) in [6.07, 6.45) is 3.82. The van der Waals surface area contributed by atoms with Crippen LogP contribution < -0.4 is 5.32 Å². The lowest BCUT2D eigenvalue weighted by Gasteiger charge is -1.99. The monoisotopic (exact) mass is 136 g/mol. The van der Waals surface area contributed by atoms with Crippen LogP contribution in [-0.2, 0) is 0 Å². The predicted molar refractivity (Wildman–Crippen MR) is 44.3 cm³/mol. The average Bonchev–Trinajstić information content (AvgIpc) is 2.43. The SMILES string of the molecule is C=CC(=CC)C1=NCCN1. The molecule has 2 nitrogen and oxygen atoms in total. The minimum Gasteiger partial charge on any atom is -0.368 e. The van der Waals surface area contributed by atoms with Crippen LogP contribution in [0.15, 0.2) is 29.3 Å². The Hall–Kier alpha value is -1.05. The van der Waals surface area contributed by atoms with Crippen molar-refractivity contribution in [1.82, 2.24) is 5.32 Å². The standard InChI is InChI=1S/C8H12N2/c1-3-7(4-2)8-9-5-6-10-8/h3-4H,1,5-6H2,2H3,(H,9,10). The van der Waals surface area contributed by atoms with Crippen LogP contribution in [0.3, 0.4) is 0 Å². The third-order valence-electron chi connectivity index (χ3n) is 1.48. The average molecular weight is 136 g/mol. The Kier molecular flexibility index (Phi) is 2.26. The van der Waals surface area contributed by atoms with Gasteiger partial charge < -0.3 is 5.32 Å². The summed E-state index contributed by atoms with van der Waals surface area (Å²) in [4.78, 5) is 4.24. The number of amidine groups is 1. The quantitative estimate of drug-likeness (QED) is 0.565. The van der Waals surface area contributed by atoms with Crippen LogP contribution in [0.25, 0.3) is 0 Å². The lowest BCUT2D eigenvalue weighted by atomic mass is 10.2. The van der Waals surface area contributed by atoms with E-state index in [9.17, 15) is 0 Å². The van der Waals surface area contributed by atoms with E-state index < -0.39 is 0 Å². The van der Waals surface area contributed by atoms with Gasteiger partial charge in [-0.25, -0.2) is 0 Å². The van der Waals surface area contributed by atoms with Crippen molar-refractivity contribution in [3.05, 3.63) is 24.3 Å². The maximum atomic E-state index is 4.24. The molecule has 1 heterocycles. The third kappa shape index (κ3) is 1.26. The first-order chi connectivity index (χ1) is 4.88. The normalized spacial score (nSPS) is 18.1. The molecule has 0 aromatic heterocycles. The number of nitrogens with one attached hydrogen (secondary N) is 1. The molecule has 2 heteroatoms. The fraction of sp³-hybridized carbons (Fsp3) is 0.375. The molecule has 1 N–H and O–H groups in total. The van der Waals surface area contributed by atoms with E-state index in [1.54, 1.807) is 0 Å². The third-order valence-corrected chi connectivity index (χ3v) is 1.48. The van der Waals surface area contributed by atoms with Gasteiger partial charge in [-0.05, 0) is 6.92 Å². The van der Waals surface area contributed by atoms with E-state index in [-0.39, 0.29) is 0 Å². The molecule has 0 fully saturated rings. The zero-order valence-electron chi connectivity index (χ0n) is 6.22. The van der Waals surface area contributed by atoms with Crippen molar-refractivity contribution in [2.75, 3.05) is 13.1 Å². The molecule has 1 rings (SSSR count). The summed E-state index contributed by atoms with van der Waals surface area (Å²) in [7, 11) is 0. The zero-order valence-corrected chi connectivity index (χ0v) is 6.22. The van der Waals surface area contributed by atoms with Crippen molar-refractivity contribution >= 4 is 5.84 Å². The van der Waals surface area contributed by atoms with Gasteiger partial charge in [0.2, 0.25) is 0 Å². The zero-order chi connectivity index (χ0) is 7.40. The summed E-state index contributed by atoms with van der Waals surface area (Å²) in [6.45, 7) is 7.52. The molecule has 0 spiro atoms. The molecule has 0 saturated carbocycles. The number of rotatable bonds is 2. The first-order valence-corrected chi connectivity index (χ1v) is 3.46. The highest BCUT2D eigenvalue weighted by molar-refractivity contribution is 6.01. The summed E-state index contributed by atoms with van der Waals surface area (Å²) < 4.78 is 0. The lowest BCUT2D eigenvalue weighted by Crippen LogP contribution is -2.19. The highest BCUT2D eigenvalue weighted by atomic mass is 15.1. The van der Waals surface area contributed by atoms with Crippen molar-refractivity contribution in [3.63, 3.8) is 0 Å². The summed E-state index contributed by atoms with van der Waals surface area (Å²) in [5.41, 5.74) is 1.09. The van der Waals surface area contributed by atoms with E-state index in [0.29, 0.717) is 0 Å². The topological polar surface area (TPSA) is 24.4 Å². The van der Waals surface area contributed by atoms with Crippen molar-refractivity contribution in [3.8, 4) is 0 Å². The summed E-state index contributed by atoms with van der Waals surface area (Å²) in [6, 6.07) is 0. The van der Waals surface area contributed by atoms with E-state index in [2.05, 4.69) is 16.9 Å². The lowest BCUT2D eigenvalue weighted by molar-refractivity contribution is 0.960. The molecule has 0 bridgehead atoms. The fourth-order valence-electron chi connectivity index (χ4n) is 0.943. The summed E-state index contributed by atoms with van der Waals surface area (Å²) in [5.74, 6) is 0.984. The van der Waals surface area contributed by atoms with Gasteiger partial charge in [0, 0.05) is 12.1 Å². The van der Waals surface area contributed by atoms with Crippen LogP contribution in [0.5, 0.6) is 0 Å². The second kappa shape index (κ2) is 3.20. The van der Waals surface area contributed by atoms with Gasteiger partial charge in [-0.3, -0.25) is 4.99 Å². The van der Waals surface area contributed by atoms with E-state index in [1.165, 1.54) is 0 Å². The van der Waals surface area contributed by atoms with Gasteiger partial charge in [-0.15, -0.1) is 0 Å². The van der Waals surface area contributed by atoms with Crippen molar-refractivity contribution in [2.45, 2.75) is 6.92 Å². The van der Waals surface area contributed by atoms with Gasteiger partial charge >= 0.3 is 0 Å². The van der Waals surface area contributed by atoms with Gasteiger partial charge in [0.1, 0.15) is 5.84 Å². The molecular formula is C8H12N2. The van der Waals surface area contributed by atoms with Crippen LogP contribution in [0.4, 0.5) is 0 Å². The molecule has 1 aliphatic rings.